The standard InChI is InChI=1S/C20H16FNO5/c1-11(23)22-16-10-14(21)7-8-15(16)18(20(22)27)19(26)13-5-2-12(3-6-13)4-9-17(24)25/h2-3,5-8,10,27H,4,9H2,1H3,(H,24,25). The first-order valence-electron chi connectivity index (χ1n) is 8.19. The van der Waals surface area contributed by atoms with Crippen molar-refractivity contribution in [2.75, 3.05) is 0 Å². The van der Waals surface area contributed by atoms with Gasteiger partial charge in [-0.15, -0.1) is 0 Å². The molecule has 1 aromatic heterocycles. The van der Waals surface area contributed by atoms with Crippen molar-refractivity contribution in [3.63, 3.8) is 0 Å². The Labute approximate surface area is 153 Å². The molecule has 138 valence electrons. The number of halogens is 1. The summed E-state index contributed by atoms with van der Waals surface area (Å²) in [5.74, 6) is -3.11. The maximum atomic E-state index is 13.6. The fraction of sp³-hybridized carbons (Fsp3) is 0.150. The summed E-state index contributed by atoms with van der Waals surface area (Å²) in [4.78, 5) is 35.4. The molecule has 0 saturated heterocycles. The van der Waals surface area contributed by atoms with Crippen molar-refractivity contribution >= 4 is 28.6 Å². The number of hydrogen-bond donors (Lipinski definition) is 2. The van der Waals surface area contributed by atoms with Gasteiger partial charge in [-0.05, 0) is 30.2 Å². The van der Waals surface area contributed by atoms with Gasteiger partial charge in [0, 0.05) is 24.3 Å². The molecule has 0 spiro atoms. The third kappa shape index (κ3) is 3.44. The maximum absolute atomic E-state index is 13.6. The molecule has 0 aliphatic rings. The van der Waals surface area contributed by atoms with Crippen molar-refractivity contribution in [2.24, 2.45) is 0 Å². The lowest BCUT2D eigenvalue weighted by molar-refractivity contribution is -0.136. The molecular weight excluding hydrogens is 353 g/mol. The summed E-state index contributed by atoms with van der Waals surface area (Å²) in [5, 5.41) is 19.4. The van der Waals surface area contributed by atoms with E-state index in [-0.39, 0.29) is 28.5 Å². The van der Waals surface area contributed by atoms with Crippen LogP contribution in [0, 0.1) is 5.82 Å². The Bertz CT molecular complexity index is 1070. The highest BCUT2D eigenvalue weighted by atomic mass is 19.1. The van der Waals surface area contributed by atoms with Crippen molar-refractivity contribution in [2.45, 2.75) is 19.8 Å². The molecule has 0 aliphatic carbocycles. The van der Waals surface area contributed by atoms with Crippen LogP contribution < -0.4 is 0 Å². The predicted molar refractivity (Wildman–Crippen MR) is 95.7 cm³/mol. The lowest BCUT2D eigenvalue weighted by Gasteiger charge is -2.04. The van der Waals surface area contributed by atoms with Gasteiger partial charge < -0.3 is 10.2 Å². The van der Waals surface area contributed by atoms with E-state index in [4.69, 9.17) is 5.11 Å². The number of ketones is 1. The summed E-state index contributed by atoms with van der Waals surface area (Å²) in [5.41, 5.74) is 1.04. The minimum atomic E-state index is -0.913. The van der Waals surface area contributed by atoms with Crippen LogP contribution in [0.3, 0.4) is 0 Å². The number of aromatic nitrogens is 1. The lowest BCUT2D eigenvalue weighted by Crippen LogP contribution is -2.06. The van der Waals surface area contributed by atoms with E-state index in [0.29, 0.717) is 6.42 Å². The fourth-order valence-electron chi connectivity index (χ4n) is 3.01. The lowest BCUT2D eigenvalue weighted by atomic mass is 10.00. The zero-order chi connectivity index (χ0) is 19.7. The summed E-state index contributed by atoms with van der Waals surface area (Å²) in [7, 11) is 0. The number of nitrogens with zero attached hydrogens (tertiary/aromatic N) is 1. The third-order valence-electron chi connectivity index (χ3n) is 4.29. The summed E-state index contributed by atoms with van der Waals surface area (Å²) in [6.45, 7) is 1.20. The van der Waals surface area contributed by atoms with Gasteiger partial charge in [-0.25, -0.2) is 8.96 Å². The number of benzene rings is 2. The molecule has 1 heterocycles. The first kappa shape index (κ1) is 18.3. The summed E-state index contributed by atoms with van der Waals surface area (Å²) in [6.07, 6.45) is 0.309. The first-order valence-corrected chi connectivity index (χ1v) is 8.19. The van der Waals surface area contributed by atoms with E-state index in [1.165, 1.54) is 25.1 Å². The Morgan fingerprint density at radius 3 is 2.33 bits per heavy atom. The number of carboxylic acid groups (broad SMARTS) is 1. The molecule has 6 nitrogen and oxygen atoms in total. The predicted octanol–water partition coefficient (Wildman–Crippen LogP) is 3.39. The number of aromatic hydroxyl groups is 1. The van der Waals surface area contributed by atoms with Crippen molar-refractivity contribution in [1.29, 1.82) is 0 Å². The molecule has 27 heavy (non-hydrogen) atoms. The highest BCUT2D eigenvalue weighted by Crippen LogP contribution is 2.33. The van der Waals surface area contributed by atoms with Crippen LogP contribution in [0.2, 0.25) is 0 Å². The van der Waals surface area contributed by atoms with Crippen LogP contribution in [-0.4, -0.2) is 32.4 Å². The normalized spacial score (nSPS) is 10.9. The number of carbonyl (C=O) groups is 3. The zero-order valence-electron chi connectivity index (χ0n) is 14.4. The molecule has 3 rings (SSSR count). The van der Waals surface area contributed by atoms with Crippen LogP contribution >= 0.6 is 0 Å². The van der Waals surface area contributed by atoms with Crippen LogP contribution in [0.1, 0.15) is 39.6 Å². The molecule has 7 heteroatoms. The summed E-state index contributed by atoms with van der Waals surface area (Å²) in [6, 6.07) is 9.91. The van der Waals surface area contributed by atoms with Crippen LogP contribution in [0.15, 0.2) is 42.5 Å². The van der Waals surface area contributed by atoms with Gasteiger partial charge in [0.15, 0.2) is 5.78 Å². The second-order valence-corrected chi connectivity index (χ2v) is 6.13. The molecule has 0 unspecified atom stereocenters. The van der Waals surface area contributed by atoms with Gasteiger partial charge in [0.1, 0.15) is 5.82 Å². The Morgan fingerprint density at radius 2 is 1.74 bits per heavy atom. The van der Waals surface area contributed by atoms with Gasteiger partial charge in [0.2, 0.25) is 11.8 Å². The smallest absolute Gasteiger partial charge is 0.303 e. The average molecular weight is 369 g/mol. The number of carbonyl (C=O) groups excluding carboxylic acids is 2. The Kier molecular flexibility index (Phi) is 4.77. The van der Waals surface area contributed by atoms with E-state index in [1.54, 1.807) is 12.1 Å². The molecule has 0 aliphatic heterocycles. The van der Waals surface area contributed by atoms with E-state index >= 15 is 0 Å². The number of hydrogen-bond acceptors (Lipinski definition) is 4. The van der Waals surface area contributed by atoms with Gasteiger partial charge in [-0.3, -0.25) is 14.4 Å². The Morgan fingerprint density at radius 1 is 1.07 bits per heavy atom. The summed E-state index contributed by atoms with van der Waals surface area (Å²) < 4.78 is 14.5. The molecule has 3 aromatic rings. The number of carboxylic acids is 1. The highest BCUT2D eigenvalue weighted by molar-refractivity contribution is 6.19. The largest absolute Gasteiger partial charge is 0.494 e. The SMILES string of the molecule is CC(=O)n1c(O)c(C(=O)c2ccc(CCC(=O)O)cc2)c2ccc(F)cc21. The van der Waals surface area contributed by atoms with Crippen molar-refractivity contribution in [3.05, 3.63) is 65.0 Å². The van der Waals surface area contributed by atoms with E-state index in [1.807, 2.05) is 0 Å². The van der Waals surface area contributed by atoms with Crippen LogP contribution in [0.25, 0.3) is 10.9 Å². The fourth-order valence-corrected chi connectivity index (χ4v) is 3.01. The van der Waals surface area contributed by atoms with Crippen molar-refractivity contribution in [3.8, 4) is 5.88 Å². The van der Waals surface area contributed by atoms with E-state index in [0.717, 1.165) is 22.3 Å². The maximum Gasteiger partial charge on any atom is 0.303 e. The van der Waals surface area contributed by atoms with Gasteiger partial charge >= 0.3 is 5.97 Å². The third-order valence-corrected chi connectivity index (χ3v) is 4.29. The number of fused-ring (bicyclic) bond motifs is 1. The van der Waals surface area contributed by atoms with Gasteiger partial charge in [0.25, 0.3) is 0 Å². The number of rotatable bonds is 5. The molecule has 0 atom stereocenters. The first-order chi connectivity index (χ1) is 12.8. The quantitative estimate of drug-likeness (QED) is 0.672. The number of aryl methyl sites for hydroxylation is 1. The van der Waals surface area contributed by atoms with Crippen molar-refractivity contribution in [1.82, 2.24) is 4.57 Å². The zero-order valence-corrected chi connectivity index (χ0v) is 14.4. The van der Waals surface area contributed by atoms with Crippen LogP contribution in [0.5, 0.6) is 5.88 Å². The minimum absolute atomic E-state index is 0.0221. The second-order valence-electron chi connectivity index (χ2n) is 6.13. The molecule has 0 fully saturated rings. The number of aliphatic carboxylic acids is 1. The van der Waals surface area contributed by atoms with Crippen LogP contribution in [-0.2, 0) is 11.2 Å². The monoisotopic (exact) mass is 369 g/mol. The Hall–Kier alpha value is -3.48. The Balaban J connectivity index is 2.04. The van der Waals surface area contributed by atoms with Crippen LogP contribution in [0.4, 0.5) is 4.39 Å². The van der Waals surface area contributed by atoms with Gasteiger partial charge in [-0.1, -0.05) is 24.3 Å². The molecule has 0 amide bonds. The van der Waals surface area contributed by atoms with Gasteiger partial charge in [-0.2, -0.15) is 0 Å². The minimum Gasteiger partial charge on any atom is -0.494 e. The highest BCUT2D eigenvalue weighted by Gasteiger charge is 2.25. The summed E-state index contributed by atoms with van der Waals surface area (Å²) >= 11 is 0. The molecule has 0 radical (unpaired) electrons. The topological polar surface area (TPSA) is 96.6 Å². The second kappa shape index (κ2) is 7.03. The molecule has 0 bridgehead atoms. The van der Waals surface area contributed by atoms with E-state index in [2.05, 4.69) is 0 Å². The van der Waals surface area contributed by atoms with Gasteiger partial charge in [0.05, 0.1) is 11.1 Å². The molecule has 2 N–H and O–H groups in total. The molecule has 2 aromatic carbocycles. The average Bonchev–Trinajstić information content (AvgIpc) is 2.90. The van der Waals surface area contributed by atoms with Crippen molar-refractivity contribution < 1.29 is 29.0 Å². The van der Waals surface area contributed by atoms with E-state index in [9.17, 15) is 23.9 Å². The van der Waals surface area contributed by atoms with E-state index < -0.39 is 29.4 Å². The molecule has 0 saturated carbocycles. The molecular formula is C20H16FNO5.